The highest BCUT2D eigenvalue weighted by Crippen LogP contribution is 2.26. The molecule has 5 nitrogen and oxygen atoms in total. The van der Waals surface area contributed by atoms with Crippen LogP contribution in [0.15, 0.2) is 29.3 Å². The summed E-state index contributed by atoms with van der Waals surface area (Å²) in [6.45, 7) is 0.943. The molecular weight excluding hydrogens is 228 g/mol. The first-order valence-electron chi connectivity index (χ1n) is 6.07. The summed E-state index contributed by atoms with van der Waals surface area (Å²) < 4.78 is 0. The molecule has 1 aliphatic rings. The number of fused-ring (bicyclic) bond motifs is 1. The van der Waals surface area contributed by atoms with E-state index in [-0.39, 0.29) is 18.4 Å². The number of nitrogens with two attached hydrogens (primary N) is 1. The second kappa shape index (κ2) is 5.53. The minimum absolute atomic E-state index is 0.0220. The Labute approximate surface area is 107 Å². The van der Waals surface area contributed by atoms with E-state index in [0.29, 0.717) is 0 Å². The standard InChI is InChI=1S/C13H18N4O/c1-15-13(14)16-9-12(18)17-8-4-6-10-5-2-3-7-11(10)17/h2-3,5,7H,4,6,8-9H2,1H3,(H3,14,15,16). The largest absolute Gasteiger partial charge is 0.370 e. The highest BCUT2D eigenvalue weighted by atomic mass is 16.2. The zero-order chi connectivity index (χ0) is 13.0. The molecule has 0 bridgehead atoms. The van der Waals surface area contributed by atoms with Gasteiger partial charge in [0.05, 0.1) is 6.54 Å². The van der Waals surface area contributed by atoms with E-state index in [2.05, 4.69) is 16.4 Å². The summed E-state index contributed by atoms with van der Waals surface area (Å²) in [4.78, 5) is 17.7. The fourth-order valence-electron chi connectivity index (χ4n) is 2.13. The summed E-state index contributed by atoms with van der Waals surface area (Å²) in [5.41, 5.74) is 7.76. The van der Waals surface area contributed by atoms with Crippen molar-refractivity contribution in [3.8, 4) is 0 Å². The van der Waals surface area contributed by atoms with E-state index >= 15 is 0 Å². The van der Waals surface area contributed by atoms with Gasteiger partial charge in [-0.25, -0.2) is 0 Å². The molecule has 1 aromatic carbocycles. The second-order valence-electron chi connectivity index (χ2n) is 4.24. The van der Waals surface area contributed by atoms with Crippen LogP contribution in [0.3, 0.4) is 0 Å². The number of para-hydroxylation sites is 1. The summed E-state index contributed by atoms with van der Waals surface area (Å²) in [7, 11) is 1.59. The number of nitrogens with one attached hydrogen (secondary N) is 1. The molecule has 0 radical (unpaired) electrons. The van der Waals surface area contributed by atoms with E-state index < -0.39 is 0 Å². The topological polar surface area (TPSA) is 70.7 Å². The molecule has 0 aliphatic carbocycles. The Balaban J connectivity index is 2.08. The van der Waals surface area contributed by atoms with Crippen LogP contribution < -0.4 is 16.0 Å². The van der Waals surface area contributed by atoms with Crippen LogP contribution >= 0.6 is 0 Å². The number of anilines is 1. The van der Waals surface area contributed by atoms with Crippen LogP contribution in [0.1, 0.15) is 12.0 Å². The number of hydrogen-bond acceptors (Lipinski definition) is 2. The third-order valence-electron chi connectivity index (χ3n) is 3.07. The number of amides is 1. The van der Waals surface area contributed by atoms with Crippen molar-refractivity contribution in [2.75, 3.05) is 25.0 Å². The quantitative estimate of drug-likeness (QED) is 0.589. The highest BCUT2D eigenvalue weighted by Gasteiger charge is 2.21. The molecule has 0 saturated carbocycles. The van der Waals surface area contributed by atoms with Gasteiger partial charge in [0.2, 0.25) is 5.91 Å². The molecule has 0 aromatic heterocycles. The van der Waals surface area contributed by atoms with E-state index in [9.17, 15) is 4.79 Å². The van der Waals surface area contributed by atoms with E-state index in [4.69, 9.17) is 5.73 Å². The first kappa shape index (κ1) is 12.4. The Morgan fingerprint density at radius 2 is 2.28 bits per heavy atom. The Morgan fingerprint density at radius 3 is 3.06 bits per heavy atom. The van der Waals surface area contributed by atoms with Crippen molar-refractivity contribution in [3.05, 3.63) is 29.8 Å². The molecule has 0 spiro atoms. The van der Waals surface area contributed by atoms with Gasteiger partial charge in [-0.05, 0) is 24.5 Å². The van der Waals surface area contributed by atoms with Crippen molar-refractivity contribution in [2.45, 2.75) is 12.8 Å². The van der Waals surface area contributed by atoms with Gasteiger partial charge in [0.15, 0.2) is 5.96 Å². The van der Waals surface area contributed by atoms with Gasteiger partial charge < -0.3 is 16.0 Å². The molecule has 5 heteroatoms. The Kier molecular flexibility index (Phi) is 3.82. The van der Waals surface area contributed by atoms with Gasteiger partial charge in [0.25, 0.3) is 0 Å². The van der Waals surface area contributed by atoms with Gasteiger partial charge in [0, 0.05) is 19.3 Å². The number of hydrogen-bond donors (Lipinski definition) is 2. The zero-order valence-electron chi connectivity index (χ0n) is 10.5. The summed E-state index contributed by atoms with van der Waals surface area (Å²) in [6, 6.07) is 8.03. The molecule has 0 unspecified atom stereocenters. The van der Waals surface area contributed by atoms with Crippen molar-refractivity contribution < 1.29 is 4.79 Å². The molecule has 0 saturated heterocycles. The Morgan fingerprint density at radius 1 is 1.50 bits per heavy atom. The first-order chi connectivity index (χ1) is 8.72. The van der Waals surface area contributed by atoms with Gasteiger partial charge in [-0.2, -0.15) is 0 Å². The highest BCUT2D eigenvalue weighted by molar-refractivity contribution is 5.97. The zero-order valence-corrected chi connectivity index (χ0v) is 10.5. The van der Waals surface area contributed by atoms with Crippen LogP contribution in [0.25, 0.3) is 0 Å². The average Bonchev–Trinajstić information content (AvgIpc) is 2.43. The molecule has 1 aromatic rings. The van der Waals surface area contributed by atoms with Crippen molar-refractivity contribution in [1.29, 1.82) is 0 Å². The number of aliphatic imine (C=N–C) groups is 1. The third-order valence-corrected chi connectivity index (χ3v) is 3.07. The fraction of sp³-hybridized carbons (Fsp3) is 0.385. The van der Waals surface area contributed by atoms with Crippen molar-refractivity contribution in [1.82, 2.24) is 5.32 Å². The van der Waals surface area contributed by atoms with Crippen molar-refractivity contribution in [3.63, 3.8) is 0 Å². The molecule has 2 rings (SSSR count). The summed E-state index contributed by atoms with van der Waals surface area (Å²) in [5.74, 6) is 0.308. The molecule has 1 amide bonds. The maximum absolute atomic E-state index is 12.1. The summed E-state index contributed by atoms with van der Waals surface area (Å²) in [5, 5.41) is 2.80. The van der Waals surface area contributed by atoms with Crippen LogP contribution in [0.2, 0.25) is 0 Å². The van der Waals surface area contributed by atoms with E-state index in [1.807, 2.05) is 23.1 Å². The number of carbonyl (C=O) groups excluding carboxylic acids is 1. The molecular formula is C13H18N4O. The SMILES string of the molecule is CN=C(N)NCC(=O)N1CCCc2ccccc21. The lowest BCUT2D eigenvalue weighted by atomic mass is 10.0. The lowest BCUT2D eigenvalue weighted by Crippen LogP contribution is -2.44. The van der Waals surface area contributed by atoms with Crippen LogP contribution in [0.5, 0.6) is 0 Å². The average molecular weight is 246 g/mol. The first-order valence-corrected chi connectivity index (χ1v) is 6.07. The van der Waals surface area contributed by atoms with Crippen LogP contribution in [0.4, 0.5) is 5.69 Å². The molecule has 18 heavy (non-hydrogen) atoms. The van der Waals surface area contributed by atoms with Crippen LogP contribution in [-0.4, -0.2) is 32.0 Å². The number of guanidine groups is 1. The predicted octanol–water partition coefficient (Wildman–Crippen LogP) is 0.500. The van der Waals surface area contributed by atoms with Crippen LogP contribution in [-0.2, 0) is 11.2 Å². The summed E-state index contributed by atoms with van der Waals surface area (Å²) >= 11 is 0. The van der Waals surface area contributed by atoms with E-state index in [1.165, 1.54) is 5.56 Å². The third kappa shape index (κ3) is 2.61. The molecule has 0 atom stereocenters. The normalized spacial score (nSPS) is 15.2. The minimum Gasteiger partial charge on any atom is -0.370 e. The van der Waals surface area contributed by atoms with Crippen LogP contribution in [0, 0.1) is 0 Å². The molecule has 1 aliphatic heterocycles. The molecule has 0 fully saturated rings. The molecule has 3 N–H and O–H groups in total. The second-order valence-corrected chi connectivity index (χ2v) is 4.24. The molecule has 1 heterocycles. The predicted molar refractivity (Wildman–Crippen MR) is 72.7 cm³/mol. The minimum atomic E-state index is 0.0220. The maximum Gasteiger partial charge on any atom is 0.246 e. The number of nitrogens with zero attached hydrogens (tertiary/aromatic N) is 2. The smallest absolute Gasteiger partial charge is 0.246 e. The maximum atomic E-state index is 12.1. The number of benzene rings is 1. The monoisotopic (exact) mass is 246 g/mol. The number of aryl methyl sites for hydroxylation is 1. The van der Waals surface area contributed by atoms with Gasteiger partial charge in [-0.1, -0.05) is 18.2 Å². The Bertz CT molecular complexity index is 470. The lowest BCUT2D eigenvalue weighted by molar-refractivity contribution is -0.117. The van der Waals surface area contributed by atoms with Crippen molar-refractivity contribution >= 4 is 17.6 Å². The number of carbonyl (C=O) groups is 1. The lowest BCUT2D eigenvalue weighted by Gasteiger charge is -2.29. The van der Waals surface area contributed by atoms with Crippen molar-refractivity contribution in [2.24, 2.45) is 10.7 Å². The fourth-order valence-corrected chi connectivity index (χ4v) is 2.13. The van der Waals surface area contributed by atoms with Gasteiger partial charge in [0.1, 0.15) is 0 Å². The van der Waals surface area contributed by atoms with E-state index in [1.54, 1.807) is 7.05 Å². The molecule has 96 valence electrons. The van der Waals surface area contributed by atoms with Gasteiger partial charge in [-0.3, -0.25) is 9.79 Å². The van der Waals surface area contributed by atoms with Gasteiger partial charge >= 0.3 is 0 Å². The number of rotatable bonds is 2. The summed E-state index contributed by atoms with van der Waals surface area (Å²) in [6.07, 6.45) is 2.03. The van der Waals surface area contributed by atoms with E-state index in [0.717, 1.165) is 25.1 Å². The Hall–Kier alpha value is -2.04. The van der Waals surface area contributed by atoms with Gasteiger partial charge in [-0.15, -0.1) is 0 Å².